The summed E-state index contributed by atoms with van der Waals surface area (Å²) in [5.74, 6) is -1.77. The van der Waals surface area contributed by atoms with Gasteiger partial charge in [-0.3, -0.25) is 14.4 Å². The molecule has 0 saturated carbocycles. The first-order valence-electron chi connectivity index (χ1n) is 11.7. The molecular formula is C25H26FIN6O4. The van der Waals surface area contributed by atoms with E-state index in [0.29, 0.717) is 30.0 Å². The molecule has 1 fully saturated rings. The van der Waals surface area contributed by atoms with Crippen LogP contribution in [0, 0.1) is 5.82 Å². The molecule has 2 aromatic carbocycles. The van der Waals surface area contributed by atoms with Gasteiger partial charge < -0.3 is 28.9 Å². The molecule has 1 aromatic heterocycles. The van der Waals surface area contributed by atoms with Crippen LogP contribution in [0.25, 0.3) is 0 Å². The summed E-state index contributed by atoms with van der Waals surface area (Å²) in [6.07, 6.45) is 3.51. The molecule has 37 heavy (non-hydrogen) atoms. The van der Waals surface area contributed by atoms with Crippen molar-refractivity contribution < 1.29 is 21.8 Å². The standard InChI is InChI=1S/C25H26FIN6O4/c26-17-3-1-16(2-4-17)23(34)31-18-5-7-19(8-6-18)32-25(36)22-21(29-15-30-22)24(35)28-11-14-33-12-9-20(37-27)10-13-33/h1-8,15,20H,9-14H2,(H,28,35)(H,29,30)(H,31,34)(H,32,36). The third-order valence-electron chi connectivity index (χ3n) is 5.96. The van der Waals surface area contributed by atoms with Crippen LogP contribution < -0.4 is 16.0 Å². The number of H-pyrrole nitrogens is 1. The maximum atomic E-state index is 13.0. The topological polar surface area (TPSA) is 128 Å². The van der Waals surface area contributed by atoms with Crippen molar-refractivity contribution >= 4 is 52.1 Å². The van der Waals surface area contributed by atoms with Gasteiger partial charge in [0, 0.05) is 43.1 Å². The van der Waals surface area contributed by atoms with Gasteiger partial charge in [0.05, 0.1) is 12.4 Å². The number of rotatable bonds is 9. The zero-order valence-corrected chi connectivity index (χ0v) is 22.0. The molecule has 194 valence electrons. The van der Waals surface area contributed by atoms with Gasteiger partial charge in [-0.2, -0.15) is 0 Å². The Morgan fingerprint density at radius 1 is 0.973 bits per heavy atom. The monoisotopic (exact) mass is 620 g/mol. The van der Waals surface area contributed by atoms with Crippen LogP contribution in [0.15, 0.2) is 54.9 Å². The Bertz CT molecular complexity index is 1230. The summed E-state index contributed by atoms with van der Waals surface area (Å²) in [6.45, 7) is 2.98. The molecule has 1 aliphatic rings. The number of likely N-dealkylation sites (tertiary alicyclic amines) is 1. The molecule has 2 heterocycles. The van der Waals surface area contributed by atoms with E-state index in [-0.39, 0.29) is 23.4 Å². The molecule has 4 rings (SSSR count). The highest BCUT2D eigenvalue weighted by atomic mass is 127. The fraction of sp³-hybridized carbons (Fsp3) is 0.280. The van der Waals surface area contributed by atoms with E-state index in [1.165, 1.54) is 30.6 Å². The van der Waals surface area contributed by atoms with Gasteiger partial charge in [0.2, 0.25) is 0 Å². The summed E-state index contributed by atoms with van der Waals surface area (Å²) in [6, 6.07) is 11.6. The maximum absolute atomic E-state index is 13.0. The highest BCUT2D eigenvalue weighted by molar-refractivity contribution is 14.1. The third-order valence-corrected chi connectivity index (χ3v) is 6.68. The van der Waals surface area contributed by atoms with Gasteiger partial charge in [0.1, 0.15) is 34.5 Å². The smallest absolute Gasteiger partial charge is 0.276 e. The molecule has 0 radical (unpaired) electrons. The molecule has 0 unspecified atom stereocenters. The Balaban J connectivity index is 1.27. The molecule has 0 bridgehead atoms. The lowest BCUT2D eigenvalue weighted by Crippen LogP contribution is -2.41. The number of amides is 3. The second-order valence-electron chi connectivity index (χ2n) is 8.50. The fourth-order valence-corrected chi connectivity index (χ4v) is 4.42. The summed E-state index contributed by atoms with van der Waals surface area (Å²) in [4.78, 5) is 46.7. The number of anilines is 2. The van der Waals surface area contributed by atoms with Crippen molar-refractivity contribution in [3.8, 4) is 0 Å². The number of nitrogens with zero attached hydrogens (tertiary/aromatic N) is 2. The molecule has 0 aliphatic carbocycles. The average Bonchev–Trinajstić information content (AvgIpc) is 3.41. The predicted octanol–water partition coefficient (Wildman–Crippen LogP) is 3.61. The van der Waals surface area contributed by atoms with Crippen LogP contribution in [0.2, 0.25) is 0 Å². The number of aromatic amines is 1. The van der Waals surface area contributed by atoms with Gasteiger partial charge in [-0.05, 0) is 61.4 Å². The zero-order valence-electron chi connectivity index (χ0n) is 19.8. The van der Waals surface area contributed by atoms with Crippen molar-refractivity contribution in [3.05, 3.63) is 77.6 Å². The maximum Gasteiger partial charge on any atom is 0.276 e. The molecule has 3 aromatic rings. The highest BCUT2D eigenvalue weighted by Crippen LogP contribution is 2.17. The SMILES string of the molecule is O=C(Nc1ccc(NC(=O)c2nc[nH]c2C(=O)NCCN2CCC(OI)CC2)cc1)c1ccc(F)cc1. The van der Waals surface area contributed by atoms with Crippen molar-refractivity contribution in [1.29, 1.82) is 0 Å². The van der Waals surface area contributed by atoms with Crippen LogP contribution in [-0.4, -0.2) is 64.9 Å². The fourth-order valence-electron chi connectivity index (χ4n) is 3.91. The summed E-state index contributed by atoms with van der Waals surface area (Å²) >= 11 is 1.94. The van der Waals surface area contributed by atoms with Crippen molar-refractivity contribution in [2.45, 2.75) is 18.9 Å². The van der Waals surface area contributed by atoms with Crippen molar-refractivity contribution in [1.82, 2.24) is 20.2 Å². The van der Waals surface area contributed by atoms with Crippen LogP contribution in [0.5, 0.6) is 0 Å². The number of halogens is 2. The molecule has 4 N–H and O–H groups in total. The molecule has 12 heteroatoms. The molecule has 0 atom stereocenters. The predicted molar refractivity (Wildman–Crippen MR) is 144 cm³/mol. The van der Waals surface area contributed by atoms with E-state index in [1.807, 2.05) is 23.0 Å². The minimum Gasteiger partial charge on any atom is -0.349 e. The lowest BCUT2D eigenvalue weighted by Gasteiger charge is -2.30. The van der Waals surface area contributed by atoms with E-state index in [4.69, 9.17) is 3.07 Å². The highest BCUT2D eigenvalue weighted by Gasteiger charge is 2.22. The van der Waals surface area contributed by atoms with E-state index in [1.54, 1.807) is 24.3 Å². The van der Waals surface area contributed by atoms with E-state index in [0.717, 1.165) is 25.9 Å². The number of carbonyl (C=O) groups is 3. The Labute approximate surface area is 227 Å². The van der Waals surface area contributed by atoms with Gasteiger partial charge in [0.25, 0.3) is 17.7 Å². The van der Waals surface area contributed by atoms with Crippen molar-refractivity contribution in [2.75, 3.05) is 36.8 Å². The molecular weight excluding hydrogens is 594 g/mol. The van der Waals surface area contributed by atoms with E-state index >= 15 is 0 Å². The number of imidazole rings is 1. The molecule has 1 saturated heterocycles. The molecule has 0 spiro atoms. The van der Waals surface area contributed by atoms with Gasteiger partial charge >= 0.3 is 0 Å². The van der Waals surface area contributed by atoms with Crippen molar-refractivity contribution in [3.63, 3.8) is 0 Å². The molecule has 3 amide bonds. The first-order valence-corrected chi connectivity index (χ1v) is 12.6. The number of hydrogen-bond acceptors (Lipinski definition) is 6. The van der Waals surface area contributed by atoms with Crippen LogP contribution in [0.3, 0.4) is 0 Å². The Hall–Kier alpha value is -3.36. The minimum atomic E-state index is -0.546. The largest absolute Gasteiger partial charge is 0.349 e. The van der Waals surface area contributed by atoms with E-state index < -0.39 is 17.6 Å². The van der Waals surface area contributed by atoms with Gasteiger partial charge in [0.15, 0.2) is 5.69 Å². The summed E-state index contributed by atoms with van der Waals surface area (Å²) < 4.78 is 18.4. The first-order chi connectivity index (χ1) is 17.9. The first kappa shape index (κ1) is 26.7. The number of carbonyl (C=O) groups excluding carboxylic acids is 3. The Kier molecular flexibility index (Phi) is 9.19. The van der Waals surface area contributed by atoms with Crippen molar-refractivity contribution in [2.24, 2.45) is 0 Å². The summed E-state index contributed by atoms with van der Waals surface area (Å²) in [7, 11) is 0. The zero-order chi connectivity index (χ0) is 26.2. The molecule has 1 aliphatic heterocycles. The minimum absolute atomic E-state index is 0.0220. The number of nitrogens with one attached hydrogen (secondary N) is 4. The van der Waals surface area contributed by atoms with Gasteiger partial charge in [-0.15, -0.1) is 0 Å². The number of piperidine rings is 1. The van der Waals surface area contributed by atoms with E-state index in [2.05, 4.69) is 30.8 Å². The number of hydrogen-bond donors (Lipinski definition) is 4. The quantitative estimate of drug-likeness (QED) is 0.271. The van der Waals surface area contributed by atoms with Gasteiger partial charge in [-0.25, -0.2) is 9.37 Å². The Morgan fingerprint density at radius 2 is 1.59 bits per heavy atom. The van der Waals surface area contributed by atoms with E-state index in [9.17, 15) is 18.8 Å². The van der Waals surface area contributed by atoms with Gasteiger partial charge in [-0.1, -0.05) is 0 Å². The lowest BCUT2D eigenvalue weighted by molar-refractivity contribution is 0.0921. The third kappa shape index (κ3) is 7.33. The lowest BCUT2D eigenvalue weighted by atomic mass is 10.1. The van der Waals surface area contributed by atoms with Crippen LogP contribution in [-0.2, 0) is 3.07 Å². The number of aromatic nitrogens is 2. The van der Waals surface area contributed by atoms with Crippen LogP contribution in [0.4, 0.5) is 15.8 Å². The second-order valence-corrected chi connectivity index (χ2v) is 9.01. The van der Waals surface area contributed by atoms with Crippen LogP contribution >= 0.6 is 23.0 Å². The number of benzene rings is 2. The second kappa shape index (κ2) is 12.7. The average molecular weight is 620 g/mol. The van der Waals surface area contributed by atoms with Crippen LogP contribution in [0.1, 0.15) is 44.2 Å². The molecule has 10 nitrogen and oxygen atoms in total. The summed E-state index contributed by atoms with van der Waals surface area (Å²) in [5, 5.41) is 8.24. The summed E-state index contributed by atoms with van der Waals surface area (Å²) in [5.41, 5.74) is 1.33. The Morgan fingerprint density at radius 3 is 2.22 bits per heavy atom. The normalized spacial score (nSPS) is 14.2.